The summed E-state index contributed by atoms with van der Waals surface area (Å²) in [6.45, 7) is 3.29. The van der Waals surface area contributed by atoms with Gasteiger partial charge in [-0.2, -0.15) is 8.42 Å². The van der Waals surface area contributed by atoms with Crippen LogP contribution in [0.25, 0.3) is 0 Å². The van der Waals surface area contributed by atoms with Crippen molar-refractivity contribution in [1.29, 1.82) is 0 Å². The molecule has 6 heteroatoms. The maximum Gasteiger partial charge on any atom is 0.324 e. The first-order chi connectivity index (χ1) is 4.75. The molecule has 1 saturated heterocycles. The van der Waals surface area contributed by atoms with Crippen LogP contribution in [0.15, 0.2) is 0 Å². The van der Waals surface area contributed by atoms with Crippen LogP contribution in [-0.2, 0) is 14.0 Å². The van der Waals surface area contributed by atoms with E-state index >= 15 is 0 Å². The van der Waals surface area contributed by atoms with Crippen molar-refractivity contribution in [3.8, 4) is 0 Å². The minimum atomic E-state index is -3.87. The maximum atomic E-state index is 10.8. The number of hydrogen-bond acceptors (Lipinski definition) is 3. The van der Waals surface area contributed by atoms with Gasteiger partial charge < -0.3 is 0 Å². The highest BCUT2D eigenvalue weighted by atomic mass is 35.7. The average molecular weight is 198 g/mol. The molecule has 0 unspecified atom stereocenters. The van der Waals surface area contributed by atoms with Crippen LogP contribution in [0, 0.1) is 0 Å². The minimum absolute atomic E-state index is 0.235. The van der Waals surface area contributed by atoms with Crippen LogP contribution < -0.4 is 0 Å². The second kappa shape index (κ2) is 2.10. The lowest BCUT2D eigenvalue weighted by molar-refractivity contribution is -0.142. The van der Waals surface area contributed by atoms with Crippen LogP contribution in [0.4, 0.5) is 0 Å². The Morgan fingerprint density at radius 2 is 2.00 bits per heavy atom. The molecule has 1 heterocycles. The van der Waals surface area contributed by atoms with Crippen molar-refractivity contribution in [2.75, 3.05) is 0 Å². The second-order valence-corrected chi connectivity index (χ2v) is 5.45. The van der Waals surface area contributed by atoms with Crippen molar-refractivity contribution in [2.45, 2.75) is 25.8 Å². The molecule has 0 radical (unpaired) electrons. The van der Waals surface area contributed by atoms with Gasteiger partial charge in [-0.05, 0) is 13.8 Å². The van der Waals surface area contributed by atoms with Gasteiger partial charge in [0.25, 0.3) is 0 Å². The Morgan fingerprint density at radius 1 is 1.55 bits per heavy atom. The summed E-state index contributed by atoms with van der Waals surface area (Å²) in [6, 6.07) is 0. The molecule has 0 saturated carbocycles. The number of rotatable bonds is 1. The SMILES string of the molecule is CC1(C)CC(=O)N1S(=O)(=O)Cl. The van der Waals surface area contributed by atoms with Crippen molar-refractivity contribution >= 4 is 25.8 Å². The van der Waals surface area contributed by atoms with Crippen molar-refractivity contribution in [3.05, 3.63) is 0 Å². The van der Waals surface area contributed by atoms with Crippen molar-refractivity contribution in [2.24, 2.45) is 0 Å². The zero-order valence-corrected chi connectivity index (χ0v) is 7.74. The first kappa shape index (κ1) is 8.80. The van der Waals surface area contributed by atoms with E-state index in [1.807, 2.05) is 0 Å². The van der Waals surface area contributed by atoms with E-state index in [1.54, 1.807) is 13.8 Å². The molecule has 0 aromatic rings. The molecule has 0 N–H and O–H groups in total. The average Bonchev–Trinajstić information content (AvgIpc) is 1.54. The molecule has 0 aromatic carbocycles. The predicted octanol–water partition coefficient (Wildman–Crippen LogP) is 0.481. The van der Waals surface area contributed by atoms with Crippen LogP contribution in [0.2, 0.25) is 0 Å². The number of halogens is 1. The molecule has 0 aliphatic carbocycles. The molecule has 11 heavy (non-hydrogen) atoms. The number of nitrogens with zero attached hydrogens (tertiary/aromatic N) is 1. The van der Waals surface area contributed by atoms with E-state index in [1.165, 1.54) is 0 Å². The molecule has 64 valence electrons. The Kier molecular flexibility index (Phi) is 1.68. The summed E-state index contributed by atoms with van der Waals surface area (Å²) >= 11 is 0. The van der Waals surface area contributed by atoms with E-state index in [9.17, 15) is 13.2 Å². The van der Waals surface area contributed by atoms with Gasteiger partial charge in [0.1, 0.15) is 0 Å². The number of carbonyl (C=O) groups is 1. The summed E-state index contributed by atoms with van der Waals surface area (Å²) in [4.78, 5) is 10.8. The van der Waals surface area contributed by atoms with Crippen LogP contribution >= 0.6 is 10.7 Å². The van der Waals surface area contributed by atoms with Crippen LogP contribution in [0.1, 0.15) is 20.3 Å². The lowest BCUT2D eigenvalue weighted by atomic mass is 9.92. The van der Waals surface area contributed by atoms with Gasteiger partial charge in [0.05, 0.1) is 12.0 Å². The lowest BCUT2D eigenvalue weighted by Crippen LogP contribution is -2.60. The molecule has 1 aliphatic rings. The van der Waals surface area contributed by atoms with E-state index in [-0.39, 0.29) is 6.42 Å². The molecule has 1 amide bonds. The lowest BCUT2D eigenvalue weighted by Gasteiger charge is -2.44. The number of amides is 1. The highest BCUT2D eigenvalue weighted by Crippen LogP contribution is 2.35. The third-order valence-electron chi connectivity index (χ3n) is 1.58. The van der Waals surface area contributed by atoms with Gasteiger partial charge in [-0.3, -0.25) is 4.79 Å². The van der Waals surface area contributed by atoms with Crippen molar-refractivity contribution in [3.63, 3.8) is 0 Å². The Balaban J connectivity index is 2.98. The van der Waals surface area contributed by atoms with E-state index in [4.69, 9.17) is 10.7 Å². The number of carbonyl (C=O) groups excluding carboxylic acids is 1. The first-order valence-electron chi connectivity index (χ1n) is 3.03. The van der Waals surface area contributed by atoms with Crippen LogP contribution in [-0.4, -0.2) is 24.2 Å². The van der Waals surface area contributed by atoms with E-state index < -0.39 is 20.7 Å². The minimum Gasteiger partial charge on any atom is -0.274 e. The fourth-order valence-corrected chi connectivity index (χ4v) is 2.93. The monoisotopic (exact) mass is 197 g/mol. The molecule has 0 spiro atoms. The molecule has 1 fully saturated rings. The largest absolute Gasteiger partial charge is 0.324 e. The zero-order chi connectivity index (χ0) is 8.86. The smallest absolute Gasteiger partial charge is 0.274 e. The van der Waals surface area contributed by atoms with Crippen molar-refractivity contribution in [1.82, 2.24) is 4.31 Å². The van der Waals surface area contributed by atoms with Gasteiger partial charge in [0.15, 0.2) is 0 Å². The summed E-state index contributed by atoms with van der Waals surface area (Å²) in [5, 5.41) is 0. The summed E-state index contributed by atoms with van der Waals surface area (Å²) in [6.07, 6.45) is 0.235. The number of β-lactam (4-membered cyclic amide) rings is 1. The quantitative estimate of drug-likeness (QED) is 0.454. The molecule has 1 rings (SSSR count). The third-order valence-corrected chi connectivity index (χ3v) is 3.13. The topological polar surface area (TPSA) is 54.5 Å². The molecule has 0 aromatic heterocycles. The summed E-state index contributed by atoms with van der Waals surface area (Å²) in [5.41, 5.74) is -0.641. The van der Waals surface area contributed by atoms with Gasteiger partial charge in [-0.1, -0.05) is 0 Å². The Bertz CT molecular complexity index is 295. The van der Waals surface area contributed by atoms with E-state index in [0.29, 0.717) is 4.31 Å². The Hall–Kier alpha value is -0.290. The van der Waals surface area contributed by atoms with Crippen molar-refractivity contribution < 1.29 is 13.2 Å². The second-order valence-electron chi connectivity index (χ2n) is 3.09. The zero-order valence-electron chi connectivity index (χ0n) is 6.17. The Morgan fingerprint density at radius 3 is 2.09 bits per heavy atom. The molecule has 4 nitrogen and oxygen atoms in total. The Labute approximate surface area is 69.7 Å². The molecule has 0 bridgehead atoms. The highest BCUT2D eigenvalue weighted by Gasteiger charge is 2.49. The standard InChI is InChI=1S/C5H8ClNO3S/c1-5(2)3-4(8)7(5)11(6,9)10/h3H2,1-2H3. The van der Waals surface area contributed by atoms with Crippen LogP contribution in [0.3, 0.4) is 0 Å². The van der Waals surface area contributed by atoms with E-state index in [0.717, 1.165) is 0 Å². The van der Waals surface area contributed by atoms with Gasteiger partial charge >= 0.3 is 9.24 Å². The summed E-state index contributed by atoms with van der Waals surface area (Å²) < 4.78 is 22.1. The van der Waals surface area contributed by atoms with Gasteiger partial charge in [-0.25, -0.2) is 4.31 Å². The molecule has 1 aliphatic heterocycles. The fourth-order valence-electron chi connectivity index (χ4n) is 1.18. The molecular weight excluding hydrogens is 190 g/mol. The fraction of sp³-hybridized carbons (Fsp3) is 0.800. The van der Waals surface area contributed by atoms with Gasteiger partial charge in [0.2, 0.25) is 5.91 Å². The predicted molar refractivity (Wildman–Crippen MR) is 40.3 cm³/mol. The van der Waals surface area contributed by atoms with Gasteiger partial charge in [-0.15, -0.1) is 0 Å². The normalized spacial score (nSPS) is 23.2. The maximum absolute atomic E-state index is 10.8. The molecular formula is C5H8ClNO3S. The first-order valence-corrected chi connectivity index (χ1v) is 5.29. The van der Waals surface area contributed by atoms with Gasteiger partial charge in [0, 0.05) is 10.7 Å². The third kappa shape index (κ3) is 1.35. The van der Waals surface area contributed by atoms with E-state index in [2.05, 4.69) is 0 Å². The summed E-state index contributed by atoms with van der Waals surface area (Å²) in [5.74, 6) is -0.440. The summed E-state index contributed by atoms with van der Waals surface area (Å²) in [7, 11) is 1.12. The number of hydrogen-bond donors (Lipinski definition) is 0. The highest BCUT2D eigenvalue weighted by molar-refractivity contribution is 8.12. The molecule has 0 atom stereocenters. The van der Waals surface area contributed by atoms with Crippen LogP contribution in [0.5, 0.6) is 0 Å².